The maximum atomic E-state index is 11.7. The van der Waals surface area contributed by atoms with E-state index in [2.05, 4.69) is 11.4 Å². The van der Waals surface area contributed by atoms with Crippen molar-refractivity contribution < 1.29 is 9.53 Å². The summed E-state index contributed by atoms with van der Waals surface area (Å²) in [4.78, 5) is 11.7. The number of ether oxygens (including phenoxy) is 1. The first-order chi connectivity index (χ1) is 7.33. The lowest BCUT2D eigenvalue weighted by Crippen LogP contribution is -2.36. The van der Waals surface area contributed by atoms with Crippen LogP contribution in [0.2, 0.25) is 0 Å². The van der Waals surface area contributed by atoms with E-state index in [9.17, 15) is 4.79 Å². The number of benzene rings is 1. The zero-order chi connectivity index (χ0) is 10.7. The van der Waals surface area contributed by atoms with Gasteiger partial charge in [-0.15, -0.1) is 12.4 Å². The maximum Gasteiger partial charge on any atom is 0.327 e. The maximum absolute atomic E-state index is 11.7. The second-order valence-electron chi connectivity index (χ2n) is 3.59. The highest BCUT2D eigenvalue weighted by Gasteiger charge is 2.26. The topological polar surface area (TPSA) is 38.3 Å². The molecular formula is C12H16ClNO2. The van der Waals surface area contributed by atoms with E-state index in [0.717, 1.165) is 18.5 Å². The Labute approximate surface area is 102 Å². The van der Waals surface area contributed by atoms with Crippen LogP contribution in [0.1, 0.15) is 24.1 Å². The molecule has 1 N–H and O–H groups in total. The van der Waals surface area contributed by atoms with E-state index in [0.29, 0.717) is 6.61 Å². The van der Waals surface area contributed by atoms with Crippen molar-refractivity contribution in [1.82, 2.24) is 5.32 Å². The van der Waals surface area contributed by atoms with Crippen LogP contribution in [0.4, 0.5) is 0 Å². The fraction of sp³-hybridized carbons (Fsp3) is 0.417. The van der Waals surface area contributed by atoms with Gasteiger partial charge in [-0.1, -0.05) is 24.3 Å². The number of halogens is 1. The van der Waals surface area contributed by atoms with Crippen LogP contribution in [0.5, 0.6) is 0 Å². The normalized spacial score (nSPS) is 18.2. The van der Waals surface area contributed by atoms with E-state index in [-0.39, 0.29) is 24.4 Å². The third-order valence-electron chi connectivity index (χ3n) is 2.63. The first kappa shape index (κ1) is 13.0. The van der Waals surface area contributed by atoms with Gasteiger partial charge in [-0.25, -0.2) is 4.79 Å². The standard InChI is InChI=1S/C12H15NO2.ClH/c1-2-15-12(14)11-10-6-4-3-5-9(10)7-8-13-11;/h3-6,11,13H,2,7-8H2,1H3;1H. The summed E-state index contributed by atoms with van der Waals surface area (Å²) in [6, 6.07) is 7.74. The fourth-order valence-corrected chi connectivity index (χ4v) is 1.94. The van der Waals surface area contributed by atoms with Gasteiger partial charge in [-0.05, 0) is 24.5 Å². The predicted octanol–water partition coefficient (Wildman–Crippen LogP) is 1.86. The highest BCUT2D eigenvalue weighted by molar-refractivity contribution is 5.85. The number of rotatable bonds is 2. The van der Waals surface area contributed by atoms with E-state index >= 15 is 0 Å². The van der Waals surface area contributed by atoms with Gasteiger partial charge in [-0.2, -0.15) is 0 Å². The van der Waals surface area contributed by atoms with Gasteiger partial charge >= 0.3 is 5.97 Å². The number of carbonyl (C=O) groups is 1. The quantitative estimate of drug-likeness (QED) is 0.804. The lowest BCUT2D eigenvalue weighted by molar-refractivity contribution is -0.146. The van der Waals surface area contributed by atoms with E-state index in [1.165, 1.54) is 5.56 Å². The Kier molecular flexibility index (Phi) is 4.77. The van der Waals surface area contributed by atoms with Crippen LogP contribution in [0.15, 0.2) is 24.3 Å². The van der Waals surface area contributed by atoms with Gasteiger partial charge in [0, 0.05) is 6.54 Å². The molecule has 1 aromatic rings. The Balaban J connectivity index is 0.00000128. The molecule has 0 radical (unpaired) electrons. The molecule has 0 aromatic heterocycles. The van der Waals surface area contributed by atoms with Crippen molar-refractivity contribution in [2.24, 2.45) is 0 Å². The molecule has 0 saturated heterocycles. The van der Waals surface area contributed by atoms with Gasteiger partial charge in [0.1, 0.15) is 6.04 Å². The summed E-state index contributed by atoms with van der Waals surface area (Å²) in [5, 5.41) is 3.19. The van der Waals surface area contributed by atoms with Crippen molar-refractivity contribution in [3.8, 4) is 0 Å². The summed E-state index contributed by atoms with van der Waals surface area (Å²) in [6.07, 6.45) is 0.978. The van der Waals surface area contributed by atoms with Crippen molar-refractivity contribution >= 4 is 18.4 Å². The van der Waals surface area contributed by atoms with Crippen LogP contribution in [-0.2, 0) is 16.0 Å². The van der Waals surface area contributed by atoms with Crippen molar-refractivity contribution in [1.29, 1.82) is 0 Å². The number of hydrogen-bond acceptors (Lipinski definition) is 3. The SMILES string of the molecule is CCOC(=O)C1NCCc2ccccc21.Cl. The zero-order valence-corrected chi connectivity index (χ0v) is 10.0. The molecule has 0 saturated carbocycles. The minimum absolute atomic E-state index is 0. The Bertz CT molecular complexity index is 368. The fourth-order valence-electron chi connectivity index (χ4n) is 1.94. The molecular weight excluding hydrogens is 226 g/mol. The molecule has 3 nitrogen and oxygen atoms in total. The number of hydrogen-bond donors (Lipinski definition) is 1. The van der Waals surface area contributed by atoms with Gasteiger partial charge in [-0.3, -0.25) is 0 Å². The second-order valence-corrected chi connectivity index (χ2v) is 3.59. The largest absolute Gasteiger partial charge is 0.465 e. The third kappa shape index (κ3) is 2.54. The summed E-state index contributed by atoms with van der Waals surface area (Å²) in [6.45, 7) is 3.09. The van der Waals surface area contributed by atoms with Crippen molar-refractivity contribution in [2.75, 3.05) is 13.2 Å². The molecule has 1 unspecified atom stereocenters. The Morgan fingerprint density at radius 3 is 3.00 bits per heavy atom. The van der Waals surface area contributed by atoms with E-state index < -0.39 is 0 Å². The van der Waals surface area contributed by atoms with E-state index in [4.69, 9.17) is 4.74 Å². The molecule has 16 heavy (non-hydrogen) atoms. The molecule has 1 heterocycles. The molecule has 4 heteroatoms. The van der Waals surface area contributed by atoms with Gasteiger partial charge in [0.15, 0.2) is 0 Å². The summed E-state index contributed by atoms with van der Waals surface area (Å²) >= 11 is 0. The van der Waals surface area contributed by atoms with Crippen LogP contribution in [0.25, 0.3) is 0 Å². The molecule has 1 aliphatic rings. The summed E-state index contributed by atoms with van der Waals surface area (Å²) in [5.41, 5.74) is 2.30. The third-order valence-corrected chi connectivity index (χ3v) is 2.63. The van der Waals surface area contributed by atoms with Crippen LogP contribution in [-0.4, -0.2) is 19.1 Å². The summed E-state index contributed by atoms with van der Waals surface area (Å²) in [5.74, 6) is -0.176. The number of fused-ring (bicyclic) bond motifs is 1. The van der Waals surface area contributed by atoms with Crippen LogP contribution in [0, 0.1) is 0 Å². The highest BCUT2D eigenvalue weighted by Crippen LogP contribution is 2.23. The molecule has 0 aliphatic carbocycles. The molecule has 2 rings (SSSR count). The zero-order valence-electron chi connectivity index (χ0n) is 9.23. The smallest absolute Gasteiger partial charge is 0.327 e. The average molecular weight is 242 g/mol. The van der Waals surface area contributed by atoms with Crippen LogP contribution >= 0.6 is 12.4 Å². The average Bonchev–Trinajstić information content (AvgIpc) is 2.28. The van der Waals surface area contributed by atoms with Crippen molar-refractivity contribution in [2.45, 2.75) is 19.4 Å². The summed E-state index contributed by atoms with van der Waals surface area (Å²) in [7, 11) is 0. The van der Waals surface area contributed by atoms with Crippen molar-refractivity contribution in [3.05, 3.63) is 35.4 Å². The molecule has 0 spiro atoms. The molecule has 0 bridgehead atoms. The molecule has 0 fully saturated rings. The number of esters is 1. The second kappa shape index (κ2) is 5.87. The molecule has 0 amide bonds. The van der Waals surface area contributed by atoms with E-state index in [1.54, 1.807) is 0 Å². The molecule has 1 aliphatic heterocycles. The van der Waals surface area contributed by atoms with Crippen LogP contribution in [0.3, 0.4) is 0 Å². The molecule has 88 valence electrons. The minimum atomic E-state index is -0.283. The first-order valence-electron chi connectivity index (χ1n) is 5.30. The number of nitrogens with one attached hydrogen (secondary N) is 1. The first-order valence-corrected chi connectivity index (χ1v) is 5.30. The van der Waals surface area contributed by atoms with Gasteiger partial charge in [0.05, 0.1) is 6.61 Å². The Hall–Kier alpha value is -1.06. The van der Waals surface area contributed by atoms with Gasteiger partial charge in [0.2, 0.25) is 0 Å². The Morgan fingerprint density at radius 2 is 2.25 bits per heavy atom. The van der Waals surface area contributed by atoms with Gasteiger partial charge in [0.25, 0.3) is 0 Å². The lowest BCUT2D eigenvalue weighted by atomic mass is 9.94. The highest BCUT2D eigenvalue weighted by atomic mass is 35.5. The monoisotopic (exact) mass is 241 g/mol. The minimum Gasteiger partial charge on any atom is -0.465 e. The molecule has 1 aromatic carbocycles. The predicted molar refractivity (Wildman–Crippen MR) is 64.8 cm³/mol. The van der Waals surface area contributed by atoms with Crippen LogP contribution < -0.4 is 5.32 Å². The number of carbonyl (C=O) groups excluding carboxylic acids is 1. The molecule has 1 atom stereocenters. The van der Waals surface area contributed by atoms with Crippen molar-refractivity contribution in [3.63, 3.8) is 0 Å². The van der Waals surface area contributed by atoms with E-state index in [1.807, 2.05) is 25.1 Å². The Morgan fingerprint density at radius 1 is 1.50 bits per heavy atom. The van der Waals surface area contributed by atoms with Gasteiger partial charge < -0.3 is 10.1 Å². The summed E-state index contributed by atoms with van der Waals surface area (Å²) < 4.78 is 5.04. The lowest BCUT2D eigenvalue weighted by Gasteiger charge is -2.25.